The van der Waals surface area contributed by atoms with Crippen LogP contribution in [-0.2, 0) is 10.0 Å². The van der Waals surface area contributed by atoms with Gasteiger partial charge in [0.2, 0.25) is 10.0 Å². The second-order valence-electron chi connectivity index (χ2n) is 5.34. The van der Waals surface area contributed by atoms with E-state index in [-0.39, 0.29) is 6.04 Å². The molecule has 120 valence electrons. The van der Waals surface area contributed by atoms with Gasteiger partial charge in [0.25, 0.3) is 0 Å². The van der Waals surface area contributed by atoms with Gasteiger partial charge in [0.1, 0.15) is 0 Å². The van der Waals surface area contributed by atoms with E-state index in [2.05, 4.69) is 29.2 Å². The third-order valence-electron chi connectivity index (χ3n) is 3.72. The average Bonchev–Trinajstić information content (AvgIpc) is 2.43. The molecule has 0 amide bonds. The van der Waals surface area contributed by atoms with Crippen LogP contribution in [0.5, 0.6) is 0 Å². The first-order valence-corrected chi connectivity index (χ1v) is 10.4. The highest BCUT2D eigenvalue weighted by molar-refractivity contribution is 14.1. The van der Waals surface area contributed by atoms with Crippen LogP contribution in [0, 0.1) is 3.57 Å². The SMILES string of the molecule is C=CCC1=C(Cl)CCC[C@@H]1N(c1ccccc1I)S(C)(=O)=O. The van der Waals surface area contributed by atoms with Crippen molar-refractivity contribution in [3.8, 4) is 0 Å². The fraction of sp³-hybridized carbons (Fsp3) is 0.375. The molecular formula is C16H19ClINO2S. The maximum atomic E-state index is 12.5. The Bertz CT molecular complexity index is 700. The number of allylic oxidation sites excluding steroid dienone is 2. The van der Waals surface area contributed by atoms with Crippen molar-refractivity contribution in [2.24, 2.45) is 0 Å². The topological polar surface area (TPSA) is 37.4 Å². The molecule has 3 nitrogen and oxygen atoms in total. The highest BCUT2D eigenvalue weighted by Gasteiger charge is 2.33. The van der Waals surface area contributed by atoms with Crippen LogP contribution in [0.25, 0.3) is 0 Å². The van der Waals surface area contributed by atoms with Crippen LogP contribution in [0.15, 0.2) is 47.5 Å². The Kier molecular flexibility index (Phi) is 5.96. The first-order valence-electron chi connectivity index (χ1n) is 7.08. The molecule has 0 aromatic heterocycles. The van der Waals surface area contributed by atoms with E-state index in [0.29, 0.717) is 12.1 Å². The summed E-state index contributed by atoms with van der Waals surface area (Å²) in [6.07, 6.45) is 6.12. The summed E-state index contributed by atoms with van der Waals surface area (Å²) in [6, 6.07) is 7.29. The minimum atomic E-state index is -3.41. The van der Waals surface area contributed by atoms with Gasteiger partial charge in [-0.2, -0.15) is 0 Å². The van der Waals surface area contributed by atoms with E-state index in [1.165, 1.54) is 10.6 Å². The first kappa shape index (κ1) is 17.8. The second-order valence-corrected chi connectivity index (χ2v) is 8.82. The average molecular weight is 452 g/mol. The van der Waals surface area contributed by atoms with Crippen LogP contribution >= 0.6 is 34.2 Å². The summed E-state index contributed by atoms with van der Waals surface area (Å²) in [5.74, 6) is 0. The number of sulfonamides is 1. The Morgan fingerprint density at radius 2 is 2.14 bits per heavy atom. The summed E-state index contributed by atoms with van der Waals surface area (Å²) in [5.41, 5.74) is 1.68. The van der Waals surface area contributed by atoms with Gasteiger partial charge < -0.3 is 0 Å². The van der Waals surface area contributed by atoms with E-state index in [1.54, 1.807) is 6.08 Å². The Morgan fingerprint density at radius 3 is 2.73 bits per heavy atom. The lowest BCUT2D eigenvalue weighted by molar-refractivity contribution is 0.560. The van der Waals surface area contributed by atoms with Gasteiger partial charge in [-0.25, -0.2) is 8.42 Å². The summed E-state index contributed by atoms with van der Waals surface area (Å²) in [5, 5.41) is 0.774. The van der Waals surface area contributed by atoms with Gasteiger partial charge in [0.05, 0.1) is 18.0 Å². The fourth-order valence-corrected chi connectivity index (χ4v) is 5.19. The molecule has 0 aliphatic heterocycles. The lowest BCUT2D eigenvalue weighted by Gasteiger charge is -2.36. The van der Waals surface area contributed by atoms with Gasteiger partial charge in [0, 0.05) is 8.60 Å². The molecule has 0 unspecified atom stereocenters. The molecule has 1 aliphatic carbocycles. The largest absolute Gasteiger partial charge is 0.262 e. The molecule has 1 aliphatic rings. The fourth-order valence-electron chi connectivity index (χ4n) is 2.84. The number of nitrogens with zero attached hydrogens (tertiary/aromatic N) is 1. The van der Waals surface area contributed by atoms with Crippen LogP contribution in [-0.4, -0.2) is 20.7 Å². The Hall–Kier alpha value is -0.530. The highest BCUT2D eigenvalue weighted by Crippen LogP contribution is 2.37. The lowest BCUT2D eigenvalue weighted by Crippen LogP contribution is -2.42. The molecule has 0 spiro atoms. The van der Waals surface area contributed by atoms with Gasteiger partial charge in [-0.1, -0.05) is 29.8 Å². The number of anilines is 1. The van der Waals surface area contributed by atoms with E-state index >= 15 is 0 Å². The molecule has 0 saturated carbocycles. The monoisotopic (exact) mass is 451 g/mol. The van der Waals surface area contributed by atoms with Crippen LogP contribution in [0.2, 0.25) is 0 Å². The van der Waals surface area contributed by atoms with E-state index < -0.39 is 10.0 Å². The predicted octanol–water partition coefficient (Wildman–Crippen LogP) is 4.68. The summed E-state index contributed by atoms with van der Waals surface area (Å²) < 4.78 is 27.4. The van der Waals surface area contributed by atoms with E-state index in [1.807, 2.05) is 24.3 Å². The van der Waals surface area contributed by atoms with Crippen LogP contribution in [0.3, 0.4) is 0 Å². The Labute approximate surface area is 151 Å². The first-order chi connectivity index (χ1) is 10.4. The standard InChI is InChI=1S/C16H19ClINO2S/c1-3-7-12-13(17)8-6-11-15(12)19(22(2,20)21)16-10-5-4-9-14(16)18/h3-5,9-10,15H,1,6-8,11H2,2H3/t15-/m0/s1. The molecular weight excluding hydrogens is 433 g/mol. The normalized spacial score (nSPS) is 19.1. The minimum Gasteiger partial charge on any atom is -0.262 e. The number of rotatable bonds is 5. The summed E-state index contributed by atoms with van der Waals surface area (Å²) >= 11 is 8.56. The van der Waals surface area contributed by atoms with Crippen molar-refractivity contribution < 1.29 is 8.42 Å². The zero-order valence-corrected chi connectivity index (χ0v) is 16.2. The quantitative estimate of drug-likeness (QED) is 0.481. The number of halogens is 2. The third-order valence-corrected chi connectivity index (χ3v) is 6.23. The predicted molar refractivity (Wildman–Crippen MR) is 102 cm³/mol. The maximum Gasteiger partial charge on any atom is 0.232 e. The van der Waals surface area contributed by atoms with Crippen molar-refractivity contribution >= 4 is 49.9 Å². The van der Waals surface area contributed by atoms with Gasteiger partial charge in [-0.05, 0) is 66.0 Å². The molecule has 22 heavy (non-hydrogen) atoms. The summed E-state index contributed by atoms with van der Waals surface area (Å²) in [6.45, 7) is 3.77. The van der Waals surface area contributed by atoms with E-state index in [4.69, 9.17) is 11.6 Å². The highest BCUT2D eigenvalue weighted by atomic mass is 127. The third kappa shape index (κ3) is 3.86. The van der Waals surface area contributed by atoms with Gasteiger partial charge >= 0.3 is 0 Å². The number of benzene rings is 1. The maximum absolute atomic E-state index is 12.5. The molecule has 1 atom stereocenters. The Morgan fingerprint density at radius 1 is 1.45 bits per heavy atom. The smallest absolute Gasteiger partial charge is 0.232 e. The van der Waals surface area contributed by atoms with Crippen molar-refractivity contribution in [2.45, 2.75) is 31.7 Å². The number of hydrogen-bond donors (Lipinski definition) is 0. The van der Waals surface area contributed by atoms with Crippen molar-refractivity contribution in [3.05, 3.63) is 51.1 Å². The molecule has 0 radical (unpaired) electrons. The minimum absolute atomic E-state index is 0.231. The van der Waals surface area contributed by atoms with Gasteiger partial charge in [-0.15, -0.1) is 6.58 Å². The molecule has 0 fully saturated rings. The summed E-state index contributed by atoms with van der Waals surface area (Å²) in [4.78, 5) is 0. The van der Waals surface area contributed by atoms with E-state index in [9.17, 15) is 8.42 Å². The second kappa shape index (κ2) is 7.36. The van der Waals surface area contributed by atoms with Gasteiger partial charge in [-0.3, -0.25) is 4.31 Å². The lowest BCUT2D eigenvalue weighted by atomic mass is 9.91. The van der Waals surface area contributed by atoms with Gasteiger partial charge in [0.15, 0.2) is 0 Å². The molecule has 1 aromatic carbocycles. The van der Waals surface area contributed by atoms with Crippen molar-refractivity contribution in [3.63, 3.8) is 0 Å². The zero-order valence-electron chi connectivity index (χ0n) is 12.4. The number of para-hydroxylation sites is 1. The molecule has 0 bridgehead atoms. The van der Waals surface area contributed by atoms with Crippen molar-refractivity contribution in [1.82, 2.24) is 0 Å². The molecule has 0 heterocycles. The summed E-state index contributed by atoms with van der Waals surface area (Å²) in [7, 11) is -3.41. The molecule has 0 saturated heterocycles. The van der Waals surface area contributed by atoms with Crippen molar-refractivity contribution in [2.75, 3.05) is 10.6 Å². The van der Waals surface area contributed by atoms with Crippen LogP contribution in [0.4, 0.5) is 5.69 Å². The van der Waals surface area contributed by atoms with Crippen LogP contribution < -0.4 is 4.31 Å². The molecule has 2 rings (SSSR count). The Balaban J connectivity index is 2.58. The number of hydrogen-bond acceptors (Lipinski definition) is 2. The molecule has 6 heteroatoms. The van der Waals surface area contributed by atoms with Crippen LogP contribution in [0.1, 0.15) is 25.7 Å². The van der Waals surface area contributed by atoms with E-state index in [0.717, 1.165) is 33.4 Å². The molecule has 0 N–H and O–H groups in total. The molecule has 1 aromatic rings. The van der Waals surface area contributed by atoms with Crippen molar-refractivity contribution in [1.29, 1.82) is 0 Å². The zero-order chi connectivity index (χ0) is 16.3.